The molecule has 3 N–H and O–H groups in total. The number of fused-ring (bicyclic) bond motifs is 1. The van der Waals surface area contributed by atoms with Gasteiger partial charge in [0.2, 0.25) is 0 Å². The lowest BCUT2D eigenvalue weighted by molar-refractivity contribution is 0.179. The first-order chi connectivity index (χ1) is 11.5. The van der Waals surface area contributed by atoms with E-state index < -0.39 is 18.0 Å². The molecule has 2 aromatic heterocycles. The van der Waals surface area contributed by atoms with Crippen LogP contribution in [0.25, 0.3) is 11.0 Å². The van der Waals surface area contributed by atoms with Gasteiger partial charge in [0.1, 0.15) is 17.2 Å². The van der Waals surface area contributed by atoms with E-state index in [2.05, 4.69) is 10.3 Å². The monoisotopic (exact) mass is 327 g/mol. The van der Waals surface area contributed by atoms with Crippen LogP contribution in [0.3, 0.4) is 0 Å². The summed E-state index contributed by atoms with van der Waals surface area (Å²) in [6.45, 7) is 1.50. The lowest BCUT2D eigenvalue weighted by Gasteiger charge is -2.25. The second-order valence-electron chi connectivity index (χ2n) is 5.21. The molecule has 0 bridgehead atoms. The van der Waals surface area contributed by atoms with Crippen molar-refractivity contribution < 1.29 is 13.2 Å². The minimum Gasteiger partial charge on any atom is -0.460 e. The SMILES string of the molecule is CC1=C(C#N)C(c2cc3c(N)nccc3o2)C(C#N)=C(C(F)F)N1. The number of nitrogens with zero attached hydrogens (tertiary/aromatic N) is 3. The molecule has 0 aliphatic carbocycles. The summed E-state index contributed by atoms with van der Waals surface area (Å²) in [6, 6.07) is 6.84. The van der Waals surface area contributed by atoms with Crippen LogP contribution in [-0.4, -0.2) is 11.4 Å². The van der Waals surface area contributed by atoms with Gasteiger partial charge in [-0.1, -0.05) is 0 Å². The van der Waals surface area contributed by atoms with E-state index >= 15 is 0 Å². The smallest absolute Gasteiger partial charge is 0.279 e. The van der Waals surface area contributed by atoms with Crippen LogP contribution in [0.5, 0.6) is 0 Å². The number of hydrogen-bond donors (Lipinski definition) is 2. The fourth-order valence-corrected chi connectivity index (χ4v) is 2.73. The zero-order chi connectivity index (χ0) is 17.4. The predicted octanol–water partition coefficient (Wildman–Crippen LogP) is 2.94. The molecule has 2 aromatic rings. The molecule has 1 aliphatic rings. The zero-order valence-corrected chi connectivity index (χ0v) is 12.5. The minimum atomic E-state index is -2.88. The molecule has 0 fully saturated rings. The quantitative estimate of drug-likeness (QED) is 0.877. The summed E-state index contributed by atoms with van der Waals surface area (Å²) in [5.74, 6) is -0.610. The molecule has 0 amide bonds. The fraction of sp³-hybridized carbons (Fsp3) is 0.188. The van der Waals surface area contributed by atoms with E-state index in [1.54, 1.807) is 12.1 Å². The average Bonchev–Trinajstić information content (AvgIpc) is 2.98. The third-order valence-corrected chi connectivity index (χ3v) is 3.83. The topological polar surface area (TPSA) is 112 Å². The molecule has 0 radical (unpaired) electrons. The molecule has 3 rings (SSSR count). The highest BCUT2D eigenvalue weighted by Crippen LogP contribution is 2.41. The summed E-state index contributed by atoms with van der Waals surface area (Å²) in [7, 11) is 0. The van der Waals surface area contributed by atoms with Crippen molar-refractivity contribution in [3.05, 3.63) is 46.6 Å². The van der Waals surface area contributed by atoms with E-state index in [-0.39, 0.29) is 28.4 Å². The third-order valence-electron chi connectivity index (χ3n) is 3.83. The van der Waals surface area contributed by atoms with Gasteiger partial charge in [-0.25, -0.2) is 13.8 Å². The number of anilines is 1. The molecular weight excluding hydrogens is 316 g/mol. The van der Waals surface area contributed by atoms with Crippen molar-refractivity contribution in [1.82, 2.24) is 10.3 Å². The number of nitrogens with two attached hydrogens (primary N) is 1. The molecule has 0 saturated heterocycles. The molecule has 24 heavy (non-hydrogen) atoms. The van der Waals surface area contributed by atoms with E-state index in [4.69, 9.17) is 10.2 Å². The number of aromatic nitrogens is 1. The summed E-state index contributed by atoms with van der Waals surface area (Å²) in [4.78, 5) is 3.93. The standard InChI is InChI=1S/C16H11F2N5O/c1-7-9(5-19)13(10(6-20)14(23-7)15(17)18)12-4-8-11(24-12)2-3-22-16(8)21/h2-4,13,15,23H,1H3,(H2,21,22). The molecular formula is C16H11F2N5O. The van der Waals surface area contributed by atoms with Crippen molar-refractivity contribution in [3.8, 4) is 12.1 Å². The van der Waals surface area contributed by atoms with Crippen molar-refractivity contribution in [2.45, 2.75) is 19.3 Å². The summed E-state index contributed by atoms with van der Waals surface area (Å²) in [6.07, 6.45) is -1.43. The van der Waals surface area contributed by atoms with Gasteiger partial charge < -0.3 is 15.5 Å². The Morgan fingerprint density at radius 1 is 1.33 bits per heavy atom. The van der Waals surface area contributed by atoms with Crippen molar-refractivity contribution in [1.29, 1.82) is 10.5 Å². The molecule has 6 nitrogen and oxygen atoms in total. The zero-order valence-electron chi connectivity index (χ0n) is 12.5. The Hall–Kier alpha value is -3.39. The molecule has 1 aliphatic heterocycles. The summed E-state index contributed by atoms with van der Waals surface area (Å²) >= 11 is 0. The Bertz CT molecular complexity index is 974. The predicted molar refractivity (Wildman–Crippen MR) is 81.3 cm³/mol. The van der Waals surface area contributed by atoms with Crippen LogP contribution in [0.2, 0.25) is 0 Å². The number of halogens is 2. The maximum absolute atomic E-state index is 13.3. The van der Waals surface area contributed by atoms with Gasteiger partial charge in [0, 0.05) is 11.9 Å². The van der Waals surface area contributed by atoms with Gasteiger partial charge in [-0.15, -0.1) is 0 Å². The van der Waals surface area contributed by atoms with Gasteiger partial charge in [0.15, 0.2) is 0 Å². The lowest BCUT2D eigenvalue weighted by Crippen LogP contribution is -2.28. The Morgan fingerprint density at radius 3 is 2.62 bits per heavy atom. The Morgan fingerprint density at radius 2 is 2.04 bits per heavy atom. The molecule has 0 aromatic carbocycles. The number of dihydropyridines is 1. The van der Waals surface area contributed by atoms with Crippen LogP contribution in [0.15, 0.2) is 45.3 Å². The van der Waals surface area contributed by atoms with Crippen LogP contribution in [-0.2, 0) is 0 Å². The number of allylic oxidation sites excluding steroid dienone is 4. The summed E-state index contributed by atoms with van der Waals surface area (Å²) in [5.41, 5.74) is 5.80. The Balaban J connectivity index is 2.27. The molecule has 0 saturated carbocycles. The van der Waals surface area contributed by atoms with Crippen LogP contribution < -0.4 is 11.1 Å². The molecule has 1 unspecified atom stereocenters. The number of nitrogen functional groups attached to an aromatic ring is 1. The molecule has 8 heteroatoms. The van der Waals surface area contributed by atoms with Crippen molar-refractivity contribution in [3.63, 3.8) is 0 Å². The van der Waals surface area contributed by atoms with Crippen molar-refractivity contribution >= 4 is 16.8 Å². The van der Waals surface area contributed by atoms with Gasteiger partial charge in [-0.3, -0.25) is 0 Å². The normalized spacial score (nSPS) is 17.8. The average molecular weight is 327 g/mol. The summed E-state index contributed by atoms with van der Waals surface area (Å²) in [5, 5.41) is 21.7. The van der Waals surface area contributed by atoms with Crippen molar-refractivity contribution in [2.75, 3.05) is 5.73 Å². The van der Waals surface area contributed by atoms with Gasteiger partial charge in [-0.2, -0.15) is 10.5 Å². The van der Waals surface area contributed by atoms with Crippen LogP contribution in [0.4, 0.5) is 14.6 Å². The van der Waals surface area contributed by atoms with Crippen LogP contribution in [0.1, 0.15) is 18.6 Å². The number of alkyl halides is 2. The number of hydrogen-bond acceptors (Lipinski definition) is 6. The largest absolute Gasteiger partial charge is 0.460 e. The second kappa shape index (κ2) is 5.67. The fourth-order valence-electron chi connectivity index (χ4n) is 2.73. The number of nitriles is 2. The van der Waals surface area contributed by atoms with E-state index in [0.717, 1.165) is 0 Å². The van der Waals surface area contributed by atoms with Gasteiger partial charge in [0.05, 0.1) is 40.3 Å². The van der Waals surface area contributed by atoms with E-state index in [0.29, 0.717) is 11.0 Å². The maximum atomic E-state index is 13.3. The van der Waals surface area contributed by atoms with Gasteiger partial charge >= 0.3 is 0 Å². The number of furan rings is 1. The highest BCUT2D eigenvalue weighted by molar-refractivity contribution is 5.87. The molecule has 3 heterocycles. The van der Waals surface area contributed by atoms with Crippen LogP contribution in [0, 0.1) is 22.7 Å². The Labute approximate surface area is 135 Å². The highest BCUT2D eigenvalue weighted by Gasteiger charge is 2.36. The molecule has 120 valence electrons. The number of pyridine rings is 1. The first-order valence-electron chi connectivity index (χ1n) is 6.92. The van der Waals surface area contributed by atoms with Gasteiger partial charge in [-0.05, 0) is 19.1 Å². The van der Waals surface area contributed by atoms with Crippen LogP contribution >= 0.6 is 0 Å². The third kappa shape index (κ3) is 2.25. The second-order valence-corrected chi connectivity index (χ2v) is 5.21. The first-order valence-corrected chi connectivity index (χ1v) is 6.92. The minimum absolute atomic E-state index is 0.140. The van der Waals surface area contributed by atoms with Gasteiger partial charge in [0.25, 0.3) is 6.43 Å². The lowest BCUT2D eigenvalue weighted by atomic mass is 9.85. The number of rotatable bonds is 2. The maximum Gasteiger partial charge on any atom is 0.279 e. The molecule has 0 spiro atoms. The van der Waals surface area contributed by atoms with E-state index in [1.807, 2.05) is 6.07 Å². The van der Waals surface area contributed by atoms with E-state index in [1.165, 1.54) is 19.2 Å². The van der Waals surface area contributed by atoms with E-state index in [9.17, 15) is 19.3 Å². The summed E-state index contributed by atoms with van der Waals surface area (Å²) < 4.78 is 32.2. The highest BCUT2D eigenvalue weighted by atomic mass is 19.3. The first kappa shape index (κ1) is 15.5. The Kier molecular flexibility index (Phi) is 3.66. The number of nitrogens with one attached hydrogen (secondary N) is 1. The molecule has 1 atom stereocenters. The van der Waals surface area contributed by atoms with Crippen molar-refractivity contribution in [2.24, 2.45) is 0 Å².